The Balaban J connectivity index is 2.22. The molecule has 1 fully saturated rings. The fourth-order valence-corrected chi connectivity index (χ4v) is 3.46. The van der Waals surface area contributed by atoms with E-state index in [1.807, 2.05) is 13.8 Å². The number of aromatic nitrogens is 1. The lowest BCUT2D eigenvalue weighted by Gasteiger charge is -2.36. The number of nitrogen functional groups attached to an aromatic ring is 1. The summed E-state index contributed by atoms with van der Waals surface area (Å²) in [6.45, 7) is 5.75. The molecular weight excluding hydrogens is 286 g/mol. The fourth-order valence-electron chi connectivity index (χ4n) is 2.62. The Labute approximate surface area is 130 Å². The third-order valence-electron chi connectivity index (χ3n) is 3.76. The van der Waals surface area contributed by atoms with Crippen molar-refractivity contribution in [2.45, 2.75) is 38.8 Å². The number of carbonyl (C=O) groups is 1. The lowest BCUT2D eigenvalue weighted by atomic mass is 10.0. The molecule has 1 aromatic heterocycles. The first-order chi connectivity index (χ1) is 9.90. The molecule has 0 aromatic carbocycles. The number of piperidine rings is 1. The largest absolute Gasteiger partial charge is 0.382 e. The maximum Gasteiger partial charge on any atom is 0.258 e. The molecule has 3 N–H and O–H groups in total. The van der Waals surface area contributed by atoms with Crippen molar-refractivity contribution in [1.29, 1.82) is 0 Å². The summed E-state index contributed by atoms with van der Waals surface area (Å²) in [5.41, 5.74) is 6.46. The molecule has 6 nitrogen and oxygen atoms in total. The smallest absolute Gasteiger partial charge is 0.258 e. The van der Waals surface area contributed by atoms with Crippen molar-refractivity contribution >= 4 is 28.3 Å². The number of nitrogens with zero attached hydrogens (tertiary/aromatic N) is 3. The molecule has 1 unspecified atom stereocenters. The summed E-state index contributed by atoms with van der Waals surface area (Å²) in [6, 6.07) is 0.587. The molecule has 0 spiro atoms. The summed E-state index contributed by atoms with van der Waals surface area (Å²) in [7, 11) is 4.20. The molecular formula is C14H25N5OS. The van der Waals surface area contributed by atoms with Crippen LogP contribution < -0.4 is 16.0 Å². The van der Waals surface area contributed by atoms with Crippen molar-refractivity contribution in [3.63, 3.8) is 0 Å². The lowest BCUT2D eigenvalue weighted by Crippen LogP contribution is -2.45. The van der Waals surface area contributed by atoms with E-state index in [1.165, 1.54) is 18.0 Å². The van der Waals surface area contributed by atoms with Gasteiger partial charge in [-0.2, -0.15) is 4.37 Å². The van der Waals surface area contributed by atoms with Crippen LogP contribution in [0.25, 0.3) is 0 Å². The molecule has 0 saturated carbocycles. The van der Waals surface area contributed by atoms with Crippen LogP contribution in [-0.2, 0) is 0 Å². The zero-order valence-corrected chi connectivity index (χ0v) is 14.0. The average Bonchev–Trinajstić information content (AvgIpc) is 2.80. The summed E-state index contributed by atoms with van der Waals surface area (Å²) < 4.78 is 4.19. The molecule has 1 amide bonds. The SMILES string of the molecule is CC(C)NC(=O)c1c(N)nsc1N1CCCC(N(C)C)C1. The van der Waals surface area contributed by atoms with Crippen LogP contribution in [0.2, 0.25) is 0 Å². The Morgan fingerprint density at radius 1 is 1.52 bits per heavy atom. The van der Waals surface area contributed by atoms with Gasteiger partial charge in [0, 0.05) is 25.2 Å². The number of carbonyl (C=O) groups excluding carboxylic acids is 1. The number of likely N-dealkylation sites (N-methyl/N-ethyl adjacent to an activating group) is 1. The molecule has 2 heterocycles. The molecule has 1 saturated heterocycles. The predicted molar refractivity (Wildman–Crippen MR) is 88.1 cm³/mol. The maximum absolute atomic E-state index is 12.4. The van der Waals surface area contributed by atoms with Gasteiger partial charge in [-0.1, -0.05) is 0 Å². The van der Waals surface area contributed by atoms with Gasteiger partial charge < -0.3 is 20.9 Å². The van der Waals surface area contributed by atoms with Gasteiger partial charge >= 0.3 is 0 Å². The van der Waals surface area contributed by atoms with Crippen LogP contribution in [0, 0.1) is 0 Å². The van der Waals surface area contributed by atoms with Gasteiger partial charge in [0.1, 0.15) is 10.6 Å². The van der Waals surface area contributed by atoms with E-state index in [2.05, 4.69) is 33.6 Å². The molecule has 2 rings (SSSR count). The second-order valence-corrected chi connectivity index (χ2v) is 6.83. The Hall–Kier alpha value is -1.34. The number of hydrogen-bond donors (Lipinski definition) is 2. The van der Waals surface area contributed by atoms with E-state index in [0.29, 0.717) is 17.4 Å². The number of hydrogen-bond acceptors (Lipinski definition) is 6. The minimum absolute atomic E-state index is 0.0838. The standard InChI is InChI=1S/C14H25N5OS/c1-9(2)16-13(20)11-12(15)17-21-14(11)19-7-5-6-10(8-19)18(3)4/h9-10H,5-8H2,1-4H3,(H2,15,17)(H,16,20). The summed E-state index contributed by atoms with van der Waals surface area (Å²) >= 11 is 1.32. The van der Waals surface area contributed by atoms with Gasteiger partial charge in [-0.05, 0) is 52.3 Å². The summed E-state index contributed by atoms with van der Waals surface area (Å²) in [4.78, 5) is 16.8. The van der Waals surface area contributed by atoms with E-state index in [4.69, 9.17) is 5.73 Å². The predicted octanol–water partition coefficient (Wildman–Crippen LogP) is 1.39. The minimum atomic E-state index is -0.127. The monoisotopic (exact) mass is 311 g/mol. The van der Waals surface area contributed by atoms with Crippen LogP contribution in [0.5, 0.6) is 0 Å². The second kappa shape index (κ2) is 6.62. The number of nitrogens with one attached hydrogen (secondary N) is 1. The summed E-state index contributed by atoms with van der Waals surface area (Å²) in [5, 5.41) is 3.81. The van der Waals surface area contributed by atoms with Crippen LogP contribution in [-0.4, -0.2) is 54.4 Å². The van der Waals surface area contributed by atoms with Crippen LogP contribution in [0.4, 0.5) is 10.8 Å². The Bertz CT molecular complexity index is 500. The quantitative estimate of drug-likeness (QED) is 0.879. The maximum atomic E-state index is 12.4. The normalized spacial score (nSPS) is 19.3. The Kier molecular flexibility index (Phi) is 5.05. The molecule has 0 aliphatic carbocycles. The molecule has 7 heteroatoms. The van der Waals surface area contributed by atoms with E-state index < -0.39 is 0 Å². The minimum Gasteiger partial charge on any atom is -0.382 e. The second-order valence-electron chi connectivity index (χ2n) is 6.08. The molecule has 1 aliphatic heterocycles. The number of rotatable bonds is 4. The van der Waals surface area contributed by atoms with Crippen molar-refractivity contribution in [3.05, 3.63) is 5.56 Å². The highest BCUT2D eigenvalue weighted by atomic mass is 32.1. The van der Waals surface area contributed by atoms with Crippen LogP contribution in [0.1, 0.15) is 37.0 Å². The molecule has 118 valence electrons. The Morgan fingerprint density at radius 3 is 2.86 bits per heavy atom. The molecule has 1 atom stereocenters. The highest BCUT2D eigenvalue weighted by molar-refractivity contribution is 7.11. The zero-order valence-electron chi connectivity index (χ0n) is 13.2. The van der Waals surface area contributed by atoms with Gasteiger partial charge in [0.05, 0.1) is 0 Å². The van der Waals surface area contributed by atoms with Crippen molar-refractivity contribution in [2.24, 2.45) is 0 Å². The van der Waals surface area contributed by atoms with Crippen molar-refractivity contribution in [2.75, 3.05) is 37.8 Å². The first kappa shape index (κ1) is 16.0. The third-order valence-corrected chi connectivity index (χ3v) is 4.68. The van der Waals surface area contributed by atoms with E-state index in [0.717, 1.165) is 24.5 Å². The molecule has 0 radical (unpaired) electrons. The van der Waals surface area contributed by atoms with E-state index >= 15 is 0 Å². The summed E-state index contributed by atoms with van der Waals surface area (Å²) in [5.74, 6) is 0.207. The van der Waals surface area contributed by atoms with Crippen LogP contribution in [0.15, 0.2) is 0 Å². The van der Waals surface area contributed by atoms with E-state index in [9.17, 15) is 4.79 Å². The zero-order chi connectivity index (χ0) is 15.6. The molecule has 1 aliphatic rings. The van der Waals surface area contributed by atoms with Gasteiger partial charge in [0.25, 0.3) is 5.91 Å². The molecule has 0 bridgehead atoms. The molecule has 1 aromatic rings. The topological polar surface area (TPSA) is 74.5 Å². The van der Waals surface area contributed by atoms with E-state index in [-0.39, 0.29) is 11.9 Å². The number of amides is 1. The molecule has 21 heavy (non-hydrogen) atoms. The van der Waals surface area contributed by atoms with Crippen molar-refractivity contribution < 1.29 is 4.79 Å². The fraction of sp³-hybridized carbons (Fsp3) is 0.714. The highest BCUT2D eigenvalue weighted by Crippen LogP contribution is 2.33. The number of anilines is 2. The highest BCUT2D eigenvalue weighted by Gasteiger charge is 2.28. The van der Waals surface area contributed by atoms with Gasteiger partial charge in [0.2, 0.25) is 0 Å². The van der Waals surface area contributed by atoms with Crippen molar-refractivity contribution in [1.82, 2.24) is 14.6 Å². The van der Waals surface area contributed by atoms with Gasteiger partial charge in [-0.25, -0.2) is 0 Å². The third kappa shape index (κ3) is 3.65. The number of nitrogens with two attached hydrogens (primary N) is 1. The van der Waals surface area contributed by atoms with Crippen molar-refractivity contribution in [3.8, 4) is 0 Å². The van der Waals surface area contributed by atoms with Gasteiger partial charge in [0.15, 0.2) is 5.82 Å². The Morgan fingerprint density at radius 2 is 2.24 bits per heavy atom. The van der Waals surface area contributed by atoms with Gasteiger partial charge in [-0.15, -0.1) is 0 Å². The first-order valence-electron chi connectivity index (χ1n) is 7.37. The average molecular weight is 311 g/mol. The first-order valence-corrected chi connectivity index (χ1v) is 8.15. The lowest BCUT2D eigenvalue weighted by molar-refractivity contribution is 0.0944. The van der Waals surface area contributed by atoms with Crippen LogP contribution in [0.3, 0.4) is 0 Å². The van der Waals surface area contributed by atoms with Crippen LogP contribution >= 0.6 is 11.5 Å². The van der Waals surface area contributed by atoms with E-state index in [1.54, 1.807) is 0 Å². The summed E-state index contributed by atoms with van der Waals surface area (Å²) in [6.07, 6.45) is 2.30. The van der Waals surface area contributed by atoms with Gasteiger partial charge in [-0.3, -0.25) is 4.79 Å².